The SMILES string of the molecule is CCCn1cc(OC(C(=O)O)C2CC2)cn1. The number of aryl methyl sites for hydroxylation is 1. The molecule has 2 rings (SSSR count). The van der Waals surface area contributed by atoms with Crippen molar-refractivity contribution >= 4 is 5.97 Å². The maximum Gasteiger partial charge on any atom is 0.345 e. The Kier molecular flexibility index (Phi) is 3.12. The first-order valence-corrected chi connectivity index (χ1v) is 5.62. The second-order valence-electron chi connectivity index (χ2n) is 4.15. The molecule has 0 spiro atoms. The smallest absolute Gasteiger partial charge is 0.345 e. The van der Waals surface area contributed by atoms with E-state index in [9.17, 15) is 4.79 Å². The van der Waals surface area contributed by atoms with Crippen LogP contribution in [0.3, 0.4) is 0 Å². The molecule has 88 valence electrons. The number of hydrogen-bond acceptors (Lipinski definition) is 3. The summed E-state index contributed by atoms with van der Waals surface area (Å²) >= 11 is 0. The van der Waals surface area contributed by atoms with E-state index in [1.807, 2.05) is 0 Å². The van der Waals surface area contributed by atoms with Gasteiger partial charge in [-0.2, -0.15) is 5.10 Å². The lowest BCUT2D eigenvalue weighted by Gasteiger charge is -2.11. The van der Waals surface area contributed by atoms with E-state index in [0.29, 0.717) is 5.75 Å². The van der Waals surface area contributed by atoms with Crippen molar-refractivity contribution in [1.82, 2.24) is 9.78 Å². The minimum atomic E-state index is -0.884. The first-order valence-electron chi connectivity index (χ1n) is 5.62. The number of carbonyl (C=O) groups is 1. The third-order valence-corrected chi connectivity index (χ3v) is 2.62. The molecule has 1 aromatic rings. The fraction of sp³-hybridized carbons (Fsp3) is 0.636. The highest BCUT2D eigenvalue weighted by atomic mass is 16.5. The number of rotatable bonds is 6. The first kappa shape index (κ1) is 11.0. The van der Waals surface area contributed by atoms with Crippen molar-refractivity contribution < 1.29 is 14.6 Å². The Bertz CT molecular complexity index is 371. The maximum absolute atomic E-state index is 11.0. The van der Waals surface area contributed by atoms with Crippen LogP contribution in [0.2, 0.25) is 0 Å². The number of ether oxygens (including phenoxy) is 1. The Morgan fingerprint density at radius 1 is 1.75 bits per heavy atom. The molecule has 1 aliphatic carbocycles. The van der Waals surface area contributed by atoms with Crippen molar-refractivity contribution in [2.24, 2.45) is 5.92 Å². The van der Waals surface area contributed by atoms with Crippen molar-refractivity contribution in [3.8, 4) is 5.75 Å². The third kappa shape index (κ3) is 2.53. The lowest BCUT2D eigenvalue weighted by atomic mass is 10.2. The molecule has 16 heavy (non-hydrogen) atoms. The van der Waals surface area contributed by atoms with E-state index < -0.39 is 12.1 Å². The van der Waals surface area contributed by atoms with Crippen LogP contribution in [0.1, 0.15) is 26.2 Å². The van der Waals surface area contributed by atoms with Crippen LogP contribution in [0, 0.1) is 5.92 Å². The van der Waals surface area contributed by atoms with Crippen molar-refractivity contribution in [1.29, 1.82) is 0 Å². The van der Waals surface area contributed by atoms with Gasteiger partial charge in [-0.15, -0.1) is 0 Å². The summed E-state index contributed by atoms with van der Waals surface area (Å²) in [6, 6.07) is 0. The summed E-state index contributed by atoms with van der Waals surface area (Å²) in [5, 5.41) is 13.1. The molecule has 1 atom stereocenters. The summed E-state index contributed by atoms with van der Waals surface area (Å²) in [5.41, 5.74) is 0. The first-order chi connectivity index (χ1) is 7.70. The number of nitrogens with zero attached hydrogens (tertiary/aromatic N) is 2. The van der Waals surface area contributed by atoms with Gasteiger partial charge >= 0.3 is 5.97 Å². The number of aromatic nitrogens is 2. The van der Waals surface area contributed by atoms with Gasteiger partial charge in [-0.1, -0.05) is 6.92 Å². The van der Waals surface area contributed by atoms with Gasteiger partial charge in [0.25, 0.3) is 0 Å². The molecule has 0 bridgehead atoms. The normalized spacial score (nSPS) is 17.1. The quantitative estimate of drug-likeness (QED) is 0.796. The molecule has 1 heterocycles. The summed E-state index contributed by atoms with van der Waals surface area (Å²) in [6.45, 7) is 2.89. The van der Waals surface area contributed by atoms with E-state index in [4.69, 9.17) is 9.84 Å². The molecule has 0 aliphatic heterocycles. The number of hydrogen-bond donors (Lipinski definition) is 1. The van der Waals surface area contributed by atoms with Crippen molar-refractivity contribution in [3.05, 3.63) is 12.4 Å². The highest BCUT2D eigenvalue weighted by Gasteiger charge is 2.38. The molecule has 1 N–H and O–H groups in total. The van der Waals surface area contributed by atoms with Gasteiger partial charge in [-0.05, 0) is 19.3 Å². The fourth-order valence-corrected chi connectivity index (χ4v) is 1.65. The van der Waals surface area contributed by atoms with Gasteiger partial charge in [0, 0.05) is 12.5 Å². The van der Waals surface area contributed by atoms with Crippen molar-refractivity contribution in [2.45, 2.75) is 38.8 Å². The predicted octanol–water partition coefficient (Wildman–Crippen LogP) is 1.54. The summed E-state index contributed by atoms with van der Waals surface area (Å²) in [6.07, 6.45) is 5.50. The number of carboxylic acid groups (broad SMARTS) is 1. The molecule has 1 unspecified atom stereocenters. The summed E-state index contributed by atoms with van der Waals surface area (Å²) < 4.78 is 7.21. The van der Waals surface area contributed by atoms with Crippen LogP contribution in [0.15, 0.2) is 12.4 Å². The van der Waals surface area contributed by atoms with Crippen LogP contribution in [0.25, 0.3) is 0 Å². The zero-order chi connectivity index (χ0) is 11.5. The monoisotopic (exact) mass is 224 g/mol. The van der Waals surface area contributed by atoms with Gasteiger partial charge in [-0.3, -0.25) is 4.68 Å². The zero-order valence-electron chi connectivity index (χ0n) is 9.30. The number of aliphatic carboxylic acids is 1. The predicted molar refractivity (Wildman–Crippen MR) is 57.3 cm³/mol. The standard InChI is InChI=1S/C11H16N2O3/c1-2-5-13-7-9(6-12-13)16-10(11(14)15)8-3-4-8/h6-8,10H,2-5H2,1H3,(H,14,15). The van der Waals surface area contributed by atoms with Gasteiger partial charge < -0.3 is 9.84 Å². The maximum atomic E-state index is 11.0. The average Bonchev–Trinajstić information content (AvgIpc) is 2.97. The largest absolute Gasteiger partial charge is 0.478 e. The third-order valence-electron chi connectivity index (χ3n) is 2.62. The lowest BCUT2D eigenvalue weighted by Crippen LogP contribution is -2.28. The van der Waals surface area contributed by atoms with Crippen molar-refractivity contribution in [2.75, 3.05) is 0 Å². The van der Waals surface area contributed by atoms with Crippen LogP contribution in [0.4, 0.5) is 0 Å². The van der Waals surface area contributed by atoms with E-state index in [1.54, 1.807) is 17.1 Å². The Balaban J connectivity index is 1.98. The zero-order valence-corrected chi connectivity index (χ0v) is 9.30. The Labute approximate surface area is 94.0 Å². The highest BCUT2D eigenvalue weighted by molar-refractivity contribution is 5.73. The van der Waals surface area contributed by atoms with Gasteiger partial charge in [0.1, 0.15) is 0 Å². The average molecular weight is 224 g/mol. The molecule has 1 saturated carbocycles. The molecule has 0 aromatic carbocycles. The minimum absolute atomic E-state index is 0.173. The highest BCUT2D eigenvalue weighted by Crippen LogP contribution is 2.35. The number of carboxylic acids is 1. The van der Waals surface area contributed by atoms with E-state index in [2.05, 4.69) is 12.0 Å². The van der Waals surface area contributed by atoms with Crippen LogP contribution < -0.4 is 4.74 Å². The van der Waals surface area contributed by atoms with Gasteiger partial charge in [0.2, 0.25) is 0 Å². The summed E-state index contributed by atoms with van der Waals surface area (Å²) in [7, 11) is 0. The topological polar surface area (TPSA) is 64.3 Å². The summed E-state index contributed by atoms with van der Waals surface area (Å²) in [4.78, 5) is 11.0. The van der Waals surface area contributed by atoms with Gasteiger partial charge in [-0.25, -0.2) is 4.79 Å². The molecule has 0 radical (unpaired) electrons. The van der Waals surface area contributed by atoms with E-state index >= 15 is 0 Å². The molecular formula is C11H16N2O3. The molecular weight excluding hydrogens is 208 g/mol. The van der Waals surface area contributed by atoms with E-state index in [1.165, 1.54) is 0 Å². The van der Waals surface area contributed by atoms with Crippen LogP contribution in [-0.4, -0.2) is 27.0 Å². The Morgan fingerprint density at radius 2 is 2.50 bits per heavy atom. The van der Waals surface area contributed by atoms with E-state index in [-0.39, 0.29) is 5.92 Å². The van der Waals surface area contributed by atoms with Crippen LogP contribution >= 0.6 is 0 Å². The lowest BCUT2D eigenvalue weighted by molar-refractivity contribution is -0.146. The molecule has 5 nitrogen and oxygen atoms in total. The van der Waals surface area contributed by atoms with Gasteiger partial charge in [0.15, 0.2) is 11.9 Å². The molecule has 1 aliphatic rings. The second kappa shape index (κ2) is 4.55. The second-order valence-corrected chi connectivity index (χ2v) is 4.15. The summed E-state index contributed by atoms with van der Waals surface area (Å²) in [5.74, 6) is -0.162. The molecule has 0 saturated heterocycles. The fourth-order valence-electron chi connectivity index (χ4n) is 1.65. The van der Waals surface area contributed by atoms with Crippen LogP contribution in [-0.2, 0) is 11.3 Å². The Hall–Kier alpha value is -1.52. The van der Waals surface area contributed by atoms with Crippen LogP contribution in [0.5, 0.6) is 5.75 Å². The molecule has 1 aromatic heterocycles. The van der Waals surface area contributed by atoms with E-state index in [0.717, 1.165) is 25.8 Å². The minimum Gasteiger partial charge on any atom is -0.478 e. The molecule has 5 heteroatoms. The van der Waals surface area contributed by atoms with Gasteiger partial charge in [0.05, 0.1) is 12.4 Å². The van der Waals surface area contributed by atoms with Crippen molar-refractivity contribution in [3.63, 3.8) is 0 Å². The Morgan fingerprint density at radius 3 is 3.06 bits per heavy atom. The molecule has 1 fully saturated rings. The molecule has 0 amide bonds.